The molecule has 0 bridgehead atoms. The Hall–Kier alpha value is -3.03. The van der Waals surface area contributed by atoms with Crippen LogP contribution in [0.25, 0.3) is 5.69 Å². The normalized spacial score (nSPS) is 10.4. The minimum atomic E-state index is -0.641. The average molecular weight is 361 g/mol. The van der Waals surface area contributed by atoms with E-state index in [1.54, 1.807) is 19.1 Å². The molecular formula is C18H20FN3O4. The summed E-state index contributed by atoms with van der Waals surface area (Å²) in [4.78, 5) is 35.3. The highest BCUT2D eigenvalue weighted by atomic mass is 19.1. The Balaban J connectivity index is 2.11. The number of para-hydroxylation sites is 1. The summed E-state index contributed by atoms with van der Waals surface area (Å²) >= 11 is 0. The Morgan fingerprint density at radius 1 is 1.27 bits per heavy atom. The summed E-state index contributed by atoms with van der Waals surface area (Å²) < 4.78 is 19.7. The predicted molar refractivity (Wildman–Crippen MR) is 92.7 cm³/mol. The van der Waals surface area contributed by atoms with Crippen LogP contribution in [0.2, 0.25) is 0 Å². The number of hydrogen-bond donors (Lipinski definition) is 1. The van der Waals surface area contributed by atoms with E-state index in [1.165, 1.54) is 30.0 Å². The number of aromatic nitrogens is 2. The number of carbonyl (C=O) groups is 2. The van der Waals surface area contributed by atoms with Crippen LogP contribution in [-0.4, -0.2) is 35.3 Å². The molecule has 0 aliphatic rings. The fourth-order valence-corrected chi connectivity index (χ4v) is 2.35. The highest BCUT2D eigenvalue weighted by molar-refractivity contribution is 5.92. The van der Waals surface area contributed by atoms with Crippen molar-refractivity contribution in [3.8, 4) is 5.69 Å². The van der Waals surface area contributed by atoms with E-state index in [0.717, 1.165) is 0 Å². The number of aryl methyl sites for hydroxylation is 1. The first-order valence-corrected chi connectivity index (χ1v) is 8.15. The van der Waals surface area contributed by atoms with Gasteiger partial charge in [0.25, 0.3) is 5.91 Å². The van der Waals surface area contributed by atoms with E-state index in [9.17, 15) is 18.8 Å². The van der Waals surface area contributed by atoms with Gasteiger partial charge in [0.05, 0.1) is 7.11 Å². The molecule has 0 spiro atoms. The van der Waals surface area contributed by atoms with E-state index in [2.05, 4.69) is 15.2 Å². The van der Waals surface area contributed by atoms with Crippen LogP contribution >= 0.6 is 0 Å². The summed E-state index contributed by atoms with van der Waals surface area (Å²) in [6.07, 6.45) is 1.36. The lowest BCUT2D eigenvalue weighted by Gasteiger charge is -2.12. The molecule has 0 aliphatic carbocycles. The Bertz CT molecular complexity index is 864. The number of rotatable bonds is 7. The van der Waals surface area contributed by atoms with Crippen molar-refractivity contribution >= 4 is 11.9 Å². The summed E-state index contributed by atoms with van der Waals surface area (Å²) in [5.41, 5.74) is -0.291. The molecule has 26 heavy (non-hydrogen) atoms. The van der Waals surface area contributed by atoms with Crippen molar-refractivity contribution in [2.24, 2.45) is 0 Å². The third-order valence-corrected chi connectivity index (χ3v) is 3.72. The fraction of sp³-hybridized carbons (Fsp3) is 0.333. The summed E-state index contributed by atoms with van der Waals surface area (Å²) in [7, 11) is 1.31. The monoisotopic (exact) mass is 361 g/mol. The molecular weight excluding hydrogens is 341 g/mol. The highest BCUT2D eigenvalue weighted by Crippen LogP contribution is 2.13. The highest BCUT2D eigenvalue weighted by Gasteiger charge is 2.16. The van der Waals surface area contributed by atoms with Gasteiger partial charge in [-0.15, -0.1) is 0 Å². The van der Waals surface area contributed by atoms with Crippen LogP contribution in [0.5, 0.6) is 0 Å². The average Bonchev–Trinajstić information content (AvgIpc) is 2.62. The zero-order valence-corrected chi connectivity index (χ0v) is 14.6. The van der Waals surface area contributed by atoms with Gasteiger partial charge in [-0.2, -0.15) is 5.10 Å². The molecule has 138 valence electrons. The van der Waals surface area contributed by atoms with Gasteiger partial charge in [-0.25, -0.2) is 9.07 Å². The van der Waals surface area contributed by atoms with Gasteiger partial charge in [0.15, 0.2) is 5.69 Å². The summed E-state index contributed by atoms with van der Waals surface area (Å²) in [6, 6.07) is 7.20. The zero-order valence-electron chi connectivity index (χ0n) is 14.6. The molecule has 2 aromatic rings. The number of hydrogen-bond acceptors (Lipinski definition) is 5. The van der Waals surface area contributed by atoms with Crippen LogP contribution in [0.15, 0.2) is 35.1 Å². The van der Waals surface area contributed by atoms with Crippen molar-refractivity contribution in [1.29, 1.82) is 0 Å². The first kappa shape index (κ1) is 19.3. The first-order valence-electron chi connectivity index (χ1n) is 8.15. The van der Waals surface area contributed by atoms with E-state index < -0.39 is 17.2 Å². The molecule has 1 aromatic heterocycles. The van der Waals surface area contributed by atoms with Crippen LogP contribution < -0.4 is 10.7 Å². The number of amides is 1. The molecule has 1 amide bonds. The third kappa shape index (κ3) is 4.75. The lowest BCUT2D eigenvalue weighted by Crippen LogP contribution is -2.32. The topological polar surface area (TPSA) is 90.3 Å². The van der Waals surface area contributed by atoms with E-state index in [-0.39, 0.29) is 30.3 Å². The molecule has 0 fully saturated rings. The SMILES string of the molecule is COC(=O)CCCCNC(=O)c1nn(-c2ccccc2F)c(C)cc1=O. The quantitative estimate of drug-likeness (QED) is 0.599. The molecule has 0 saturated heterocycles. The second-order valence-corrected chi connectivity index (χ2v) is 5.65. The fourth-order valence-electron chi connectivity index (χ4n) is 2.35. The summed E-state index contributed by atoms with van der Waals surface area (Å²) in [5.74, 6) is -1.47. The molecule has 7 nitrogen and oxygen atoms in total. The van der Waals surface area contributed by atoms with Gasteiger partial charge in [0.1, 0.15) is 11.5 Å². The Morgan fingerprint density at radius 2 is 2.00 bits per heavy atom. The minimum Gasteiger partial charge on any atom is -0.469 e. The van der Waals surface area contributed by atoms with Crippen LogP contribution in [0.4, 0.5) is 4.39 Å². The Labute approximate surface area is 149 Å². The number of carbonyl (C=O) groups excluding carboxylic acids is 2. The molecule has 0 saturated carbocycles. The van der Waals surface area contributed by atoms with Crippen molar-refractivity contribution in [1.82, 2.24) is 15.1 Å². The molecule has 1 aromatic carbocycles. The first-order chi connectivity index (χ1) is 12.4. The van der Waals surface area contributed by atoms with E-state index >= 15 is 0 Å². The third-order valence-electron chi connectivity index (χ3n) is 3.72. The lowest BCUT2D eigenvalue weighted by atomic mass is 10.2. The van der Waals surface area contributed by atoms with Gasteiger partial charge < -0.3 is 10.1 Å². The van der Waals surface area contributed by atoms with Crippen molar-refractivity contribution in [3.63, 3.8) is 0 Å². The van der Waals surface area contributed by atoms with Crippen LogP contribution in [0.1, 0.15) is 35.4 Å². The number of unbranched alkanes of at least 4 members (excludes halogenated alkanes) is 1. The van der Waals surface area contributed by atoms with Crippen LogP contribution in [0, 0.1) is 12.7 Å². The van der Waals surface area contributed by atoms with Gasteiger partial charge in [0, 0.05) is 24.7 Å². The van der Waals surface area contributed by atoms with Crippen molar-refractivity contribution in [3.05, 3.63) is 57.8 Å². The largest absolute Gasteiger partial charge is 0.469 e. The summed E-state index contributed by atoms with van der Waals surface area (Å²) in [6.45, 7) is 1.89. The second kappa shape index (κ2) is 8.89. The number of methoxy groups -OCH3 is 1. The number of nitrogens with zero attached hydrogens (tertiary/aromatic N) is 2. The Kier molecular flexibility index (Phi) is 6.60. The van der Waals surface area contributed by atoms with Gasteiger partial charge in [-0.3, -0.25) is 14.4 Å². The van der Waals surface area contributed by atoms with Gasteiger partial charge in [0.2, 0.25) is 5.43 Å². The predicted octanol–water partition coefficient (Wildman–Crippen LogP) is 1.75. The van der Waals surface area contributed by atoms with E-state index in [1.807, 2.05) is 0 Å². The zero-order chi connectivity index (χ0) is 19.1. The van der Waals surface area contributed by atoms with E-state index in [0.29, 0.717) is 18.5 Å². The molecule has 1 heterocycles. The maximum absolute atomic E-state index is 14.0. The van der Waals surface area contributed by atoms with Crippen LogP contribution in [0.3, 0.4) is 0 Å². The Morgan fingerprint density at radius 3 is 2.69 bits per heavy atom. The van der Waals surface area contributed by atoms with Crippen molar-refractivity contribution in [2.75, 3.05) is 13.7 Å². The van der Waals surface area contributed by atoms with Gasteiger partial charge in [-0.05, 0) is 31.9 Å². The number of halogens is 1. The van der Waals surface area contributed by atoms with Crippen molar-refractivity contribution in [2.45, 2.75) is 26.2 Å². The lowest BCUT2D eigenvalue weighted by molar-refractivity contribution is -0.140. The summed E-state index contributed by atoms with van der Waals surface area (Å²) in [5, 5.41) is 6.60. The van der Waals surface area contributed by atoms with Crippen molar-refractivity contribution < 1.29 is 18.7 Å². The standard InChI is InChI=1S/C18H20FN3O4/c1-12-11-15(23)17(18(25)20-10-6-5-9-16(24)26-2)21-22(12)14-8-4-3-7-13(14)19/h3-4,7-8,11H,5-6,9-10H2,1-2H3,(H,20,25). The molecule has 0 aliphatic heterocycles. The maximum atomic E-state index is 14.0. The van der Waals surface area contributed by atoms with Gasteiger partial charge >= 0.3 is 5.97 Å². The smallest absolute Gasteiger partial charge is 0.305 e. The number of nitrogens with one attached hydrogen (secondary N) is 1. The second-order valence-electron chi connectivity index (χ2n) is 5.65. The molecule has 0 radical (unpaired) electrons. The number of benzene rings is 1. The van der Waals surface area contributed by atoms with Crippen LogP contribution in [-0.2, 0) is 9.53 Å². The molecule has 2 rings (SSSR count). The molecule has 1 N–H and O–H groups in total. The molecule has 0 unspecified atom stereocenters. The van der Waals surface area contributed by atoms with E-state index in [4.69, 9.17) is 0 Å². The number of ether oxygens (including phenoxy) is 1. The maximum Gasteiger partial charge on any atom is 0.305 e. The molecule has 0 atom stereocenters. The minimum absolute atomic E-state index is 0.150. The molecule has 8 heteroatoms. The number of esters is 1. The van der Waals surface area contributed by atoms with Gasteiger partial charge in [-0.1, -0.05) is 12.1 Å².